The lowest BCUT2D eigenvalue weighted by Crippen LogP contribution is -2.42. The molecule has 2 saturated carbocycles. The molecule has 0 aliphatic heterocycles. The lowest BCUT2D eigenvalue weighted by atomic mass is 9.84. The largest absolute Gasteiger partial charge is 0.417 e. The van der Waals surface area contributed by atoms with Gasteiger partial charge in [0.05, 0.1) is 5.56 Å². The standard InChI is InChI=1S/C17H21F3N2O2/c1-10(14-7-11-2-3-12(14)6-11)21-15(23)9-22-8-13(17(18,19)20)4-5-16(22)24/h4-5,8,10-12,14H,2-3,6-7,9H2,1H3,(H,21,23)/t10-,11+,12+,14-/m1/s1. The van der Waals surface area contributed by atoms with Crippen LogP contribution in [0.15, 0.2) is 23.1 Å². The maximum Gasteiger partial charge on any atom is 0.417 e. The molecule has 2 aliphatic carbocycles. The number of hydrogen-bond donors (Lipinski definition) is 1. The van der Waals surface area contributed by atoms with Crippen molar-refractivity contribution < 1.29 is 18.0 Å². The molecular formula is C17H21F3N2O2. The fourth-order valence-electron chi connectivity index (χ4n) is 4.29. The maximum atomic E-state index is 12.7. The van der Waals surface area contributed by atoms with E-state index in [9.17, 15) is 22.8 Å². The number of carbonyl (C=O) groups excluding carboxylic acids is 1. The third kappa shape index (κ3) is 3.49. The Kier molecular flexibility index (Phi) is 4.44. The van der Waals surface area contributed by atoms with Crippen molar-refractivity contribution in [2.75, 3.05) is 0 Å². The Hall–Kier alpha value is -1.79. The van der Waals surface area contributed by atoms with Crippen LogP contribution in [0.5, 0.6) is 0 Å². The Balaban J connectivity index is 1.63. The van der Waals surface area contributed by atoms with Crippen LogP contribution >= 0.6 is 0 Å². The first-order valence-electron chi connectivity index (χ1n) is 8.31. The van der Waals surface area contributed by atoms with E-state index in [1.165, 1.54) is 19.3 Å². The molecule has 3 rings (SSSR count). The van der Waals surface area contributed by atoms with E-state index in [1.54, 1.807) is 0 Å². The molecular weight excluding hydrogens is 321 g/mol. The summed E-state index contributed by atoms with van der Waals surface area (Å²) in [5, 5.41) is 2.86. The van der Waals surface area contributed by atoms with Gasteiger partial charge in [-0.15, -0.1) is 0 Å². The van der Waals surface area contributed by atoms with Crippen LogP contribution in [-0.2, 0) is 17.5 Å². The minimum Gasteiger partial charge on any atom is -0.352 e. The summed E-state index contributed by atoms with van der Waals surface area (Å²) >= 11 is 0. The summed E-state index contributed by atoms with van der Waals surface area (Å²) < 4.78 is 39.0. The lowest BCUT2D eigenvalue weighted by molar-refractivity contribution is -0.138. The Morgan fingerprint density at radius 3 is 2.67 bits per heavy atom. The van der Waals surface area contributed by atoms with Crippen molar-refractivity contribution in [2.24, 2.45) is 17.8 Å². The molecule has 1 aromatic rings. The van der Waals surface area contributed by atoms with Crippen molar-refractivity contribution in [1.82, 2.24) is 9.88 Å². The molecule has 0 unspecified atom stereocenters. The second-order valence-electron chi connectivity index (χ2n) is 7.08. The number of carbonyl (C=O) groups is 1. The summed E-state index contributed by atoms with van der Waals surface area (Å²) in [4.78, 5) is 23.8. The van der Waals surface area contributed by atoms with Gasteiger partial charge in [0.15, 0.2) is 0 Å². The molecule has 132 valence electrons. The molecule has 1 heterocycles. The van der Waals surface area contributed by atoms with Gasteiger partial charge < -0.3 is 9.88 Å². The fourth-order valence-corrected chi connectivity index (χ4v) is 4.29. The molecule has 4 nitrogen and oxygen atoms in total. The topological polar surface area (TPSA) is 51.1 Å². The Bertz CT molecular complexity index is 683. The predicted octanol–water partition coefficient (Wildman–Crippen LogP) is 2.81. The molecule has 1 amide bonds. The van der Waals surface area contributed by atoms with Crippen LogP contribution in [0, 0.1) is 17.8 Å². The van der Waals surface area contributed by atoms with E-state index in [1.807, 2.05) is 6.92 Å². The summed E-state index contributed by atoms with van der Waals surface area (Å²) in [6.45, 7) is 1.55. The zero-order chi connectivity index (χ0) is 17.5. The van der Waals surface area contributed by atoms with Crippen molar-refractivity contribution >= 4 is 5.91 Å². The Morgan fingerprint density at radius 1 is 1.33 bits per heavy atom. The number of fused-ring (bicyclic) bond motifs is 2. The third-order valence-corrected chi connectivity index (χ3v) is 5.45. The van der Waals surface area contributed by atoms with Gasteiger partial charge in [-0.05, 0) is 50.0 Å². The average molecular weight is 342 g/mol. The maximum absolute atomic E-state index is 12.7. The van der Waals surface area contributed by atoms with Gasteiger partial charge in [-0.1, -0.05) is 6.42 Å². The number of alkyl halides is 3. The number of nitrogens with one attached hydrogen (secondary N) is 1. The van der Waals surface area contributed by atoms with Gasteiger partial charge in [-0.3, -0.25) is 9.59 Å². The van der Waals surface area contributed by atoms with Crippen LogP contribution in [0.25, 0.3) is 0 Å². The highest BCUT2D eigenvalue weighted by Gasteiger charge is 2.42. The highest BCUT2D eigenvalue weighted by atomic mass is 19.4. The molecule has 2 fully saturated rings. The first-order chi connectivity index (χ1) is 11.2. The van der Waals surface area contributed by atoms with Gasteiger partial charge in [-0.25, -0.2) is 0 Å². The molecule has 2 aliphatic rings. The highest BCUT2D eigenvalue weighted by molar-refractivity contribution is 5.76. The van der Waals surface area contributed by atoms with Crippen molar-refractivity contribution in [3.8, 4) is 0 Å². The van der Waals surface area contributed by atoms with Gasteiger partial charge in [0.1, 0.15) is 6.54 Å². The molecule has 24 heavy (non-hydrogen) atoms. The normalized spacial score (nSPS) is 27.2. The van der Waals surface area contributed by atoms with E-state index in [0.29, 0.717) is 18.0 Å². The molecule has 0 spiro atoms. The summed E-state index contributed by atoms with van der Waals surface area (Å²) in [5.74, 6) is 1.41. The SMILES string of the molecule is C[C@@H](NC(=O)Cn1cc(C(F)(F)F)ccc1=O)[C@H]1C[C@H]2CC[C@H]1C2. The number of hydrogen-bond acceptors (Lipinski definition) is 2. The molecule has 0 saturated heterocycles. The molecule has 7 heteroatoms. The smallest absolute Gasteiger partial charge is 0.352 e. The number of aromatic nitrogens is 1. The summed E-state index contributed by atoms with van der Waals surface area (Å²) in [6.07, 6.45) is 0.948. The van der Waals surface area contributed by atoms with Gasteiger partial charge in [0.25, 0.3) is 5.56 Å². The van der Waals surface area contributed by atoms with Crippen LogP contribution in [-0.4, -0.2) is 16.5 Å². The van der Waals surface area contributed by atoms with Crippen LogP contribution in [0.4, 0.5) is 13.2 Å². The highest BCUT2D eigenvalue weighted by Crippen LogP contribution is 2.49. The number of nitrogens with zero attached hydrogens (tertiary/aromatic N) is 1. The van der Waals surface area contributed by atoms with Crippen LogP contribution in [0.2, 0.25) is 0 Å². The van der Waals surface area contributed by atoms with Crippen molar-refractivity contribution in [1.29, 1.82) is 0 Å². The first-order valence-corrected chi connectivity index (χ1v) is 8.31. The van der Waals surface area contributed by atoms with Crippen LogP contribution in [0.1, 0.15) is 38.2 Å². The fraction of sp³-hybridized carbons (Fsp3) is 0.647. The number of amides is 1. The zero-order valence-corrected chi connectivity index (χ0v) is 13.5. The van der Waals surface area contributed by atoms with Gasteiger partial charge in [0.2, 0.25) is 5.91 Å². The van der Waals surface area contributed by atoms with E-state index in [2.05, 4.69) is 5.32 Å². The quantitative estimate of drug-likeness (QED) is 0.915. The Labute approximate surface area is 138 Å². The van der Waals surface area contributed by atoms with E-state index < -0.39 is 29.8 Å². The van der Waals surface area contributed by atoms with E-state index >= 15 is 0 Å². The third-order valence-electron chi connectivity index (χ3n) is 5.45. The van der Waals surface area contributed by atoms with Crippen molar-refractivity contribution in [3.63, 3.8) is 0 Å². The molecule has 0 aromatic carbocycles. The zero-order valence-electron chi connectivity index (χ0n) is 13.5. The Morgan fingerprint density at radius 2 is 2.08 bits per heavy atom. The molecule has 0 radical (unpaired) electrons. The molecule has 2 bridgehead atoms. The number of halogens is 3. The molecule has 1 aromatic heterocycles. The van der Waals surface area contributed by atoms with Gasteiger partial charge in [-0.2, -0.15) is 13.2 Å². The van der Waals surface area contributed by atoms with Crippen LogP contribution < -0.4 is 10.9 Å². The summed E-state index contributed by atoms with van der Waals surface area (Å²) in [5.41, 5.74) is -1.55. The minimum absolute atomic E-state index is 0.0192. The molecule has 1 N–H and O–H groups in total. The van der Waals surface area contributed by atoms with Crippen LogP contribution in [0.3, 0.4) is 0 Å². The second-order valence-corrected chi connectivity index (χ2v) is 7.08. The minimum atomic E-state index is -4.54. The number of rotatable bonds is 4. The van der Waals surface area contributed by atoms with Crippen molar-refractivity contribution in [3.05, 3.63) is 34.2 Å². The van der Waals surface area contributed by atoms with E-state index in [0.717, 1.165) is 29.0 Å². The van der Waals surface area contributed by atoms with E-state index in [-0.39, 0.29) is 6.04 Å². The van der Waals surface area contributed by atoms with E-state index in [4.69, 9.17) is 0 Å². The predicted molar refractivity (Wildman–Crippen MR) is 82.2 cm³/mol. The van der Waals surface area contributed by atoms with Gasteiger partial charge >= 0.3 is 6.18 Å². The van der Waals surface area contributed by atoms with Crippen molar-refractivity contribution in [2.45, 2.75) is 51.4 Å². The summed E-state index contributed by atoms with van der Waals surface area (Å²) in [7, 11) is 0. The second kappa shape index (κ2) is 6.26. The monoisotopic (exact) mass is 342 g/mol. The number of pyridine rings is 1. The summed E-state index contributed by atoms with van der Waals surface area (Å²) in [6, 6.07) is 1.55. The first kappa shape index (κ1) is 17.0. The lowest BCUT2D eigenvalue weighted by Gasteiger charge is -2.28. The van der Waals surface area contributed by atoms with Gasteiger partial charge in [0, 0.05) is 18.3 Å². The molecule has 4 atom stereocenters. The average Bonchev–Trinajstić information content (AvgIpc) is 3.11.